The maximum absolute atomic E-state index is 5.58. The van der Waals surface area contributed by atoms with Gasteiger partial charge in [0.2, 0.25) is 0 Å². The van der Waals surface area contributed by atoms with Gasteiger partial charge in [0.25, 0.3) is 0 Å². The van der Waals surface area contributed by atoms with Gasteiger partial charge in [0.05, 0.1) is 11.3 Å². The zero-order valence-corrected chi connectivity index (χ0v) is 9.91. The molecule has 2 aromatic carbocycles. The van der Waals surface area contributed by atoms with Crippen molar-refractivity contribution in [1.82, 2.24) is 0 Å². The van der Waals surface area contributed by atoms with E-state index in [2.05, 4.69) is 5.43 Å². The first kappa shape index (κ1) is 11.6. The Morgan fingerprint density at radius 3 is 2.35 bits per heavy atom. The number of rotatable bonds is 3. The predicted molar refractivity (Wildman–Crippen MR) is 73.0 cm³/mol. The van der Waals surface area contributed by atoms with Crippen molar-refractivity contribution < 1.29 is 4.74 Å². The number of nitrogen functional groups attached to an aromatic ring is 1. The average Bonchev–Trinajstić information content (AvgIpc) is 2.40. The summed E-state index contributed by atoms with van der Waals surface area (Å²) in [6.45, 7) is 0. The summed E-state index contributed by atoms with van der Waals surface area (Å²) in [5.74, 6) is 6.13. The minimum Gasteiger partial charge on any atom is -0.445 e. The van der Waals surface area contributed by atoms with E-state index in [0.29, 0.717) is 10.8 Å². The Morgan fingerprint density at radius 2 is 1.65 bits per heavy atom. The van der Waals surface area contributed by atoms with E-state index in [0.717, 1.165) is 11.3 Å². The Morgan fingerprint density at radius 1 is 1.00 bits per heavy atom. The fourth-order valence-corrected chi connectivity index (χ4v) is 1.71. The Bertz CT molecular complexity index is 514. The van der Waals surface area contributed by atoms with Crippen LogP contribution in [0.1, 0.15) is 5.56 Å². The van der Waals surface area contributed by atoms with E-state index >= 15 is 0 Å². The molecule has 0 aliphatic heterocycles. The number of thiocarbonyl (C=S) groups is 1. The molecule has 3 N–H and O–H groups in total. The summed E-state index contributed by atoms with van der Waals surface area (Å²) >= 11 is 5.24. The molecular formula is C13H12N2OS. The summed E-state index contributed by atoms with van der Waals surface area (Å²) in [4.78, 5) is 0. The molecule has 0 atom stereocenters. The van der Waals surface area contributed by atoms with Gasteiger partial charge in [-0.3, -0.25) is 5.84 Å². The van der Waals surface area contributed by atoms with E-state index in [1.54, 1.807) is 0 Å². The molecule has 0 aliphatic carbocycles. The number of anilines is 1. The van der Waals surface area contributed by atoms with Crippen molar-refractivity contribution in [3.63, 3.8) is 0 Å². The number of hydrogen-bond acceptors (Lipinski definition) is 4. The fourth-order valence-electron chi connectivity index (χ4n) is 1.44. The highest BCUT2D eigenvalue weighted by atomic mass is 32.1. The van der Waals surface area contributed by atoms with Crippen LogP contribution in [0.3, 0.4) is 0 Å². The van der Waals surface area contributed by atoms with Gasteiger partial charge in [0.1, 0.15) is 5.75 Å². The molecule has 0 radical (unpaired) electrons. The Balaban J connectivity index is 2.20. The third-order valence-electron chi connectivity index (χ3n) is 2.26. The molecule has 0 fully saturated rings. The monoisotopic (exact) mass is 244 g/mol. The molecule has 0 saturated carbocycles. The average molecular weight is 244 g/mol. The summed E-state index contributed by atoms with van der Waals surface area (Å²) in [7, 11) is 0. The van der Waals surface area contributed by atoms with Crippen LogP contribution in [0.4, 0.5) is 5.69 Å². The van der Waals surface area contributed by atoms with Crippen LogP contribution in [0.25, 0.3) is 0 Å². The molecular weight excluding hydrogens is 232 g/mol. The maximum Gasteiger partial charge on any atom is 0.200 e. The van der Waals surface area contributed by atoms with Crippen LogP contribution in [0.2, 0.25) is 0 Å². The standard InChI is InChI=1S/C13H12N2OS/c14-15-12-9-5-4-8-11(12)13(17)16-10-6-2-1-3-7-10/h1-9,15H,14H2. The Hall–Kier alpha value is -1.91. The Labute approximate surface area is 105 Å². The summed E-state index contributed by atoms with van der Waals surface area (Å²) in [5.41, 5.74) is 4.11. The maximum atomic E-state index is 5.58. The molecule has 0 aliphatic rings. The van der Waals surface area contributed by atoms with Gasteiger partial charge in [-0.25, -0.2) is 0 Å². The zero-order chi connectivity index (χ0) is 12.1. The van der Waals surface area contributed by atoms with E-state index in [9.17, 15) is 0 Å². The number of para-hydroxylation sites is 2. The second-order valence-electron chi connectivity index (χ2n) is 3.39. The van der Waals surface area contributed by atoms with Crippen LogP contribution in [-0.4, -0.2) is 5.05 Å². The van der Waals surface area contributed by atoms with Crippen molar-refractivity contribution in [2.45, 2.75) is 0 Å². The van der Waals surface area contributed by atoms with Crippen molar-refractivity contribution in [2.24, 2.45) is 5.84 Å². The zero-order valence-electron chi connectivity index (χ0n) is 9.09. The summed E-state index contributed by atoms with van der Waals surface area (Å²) < 4.78 is 5.58. The largest absolute Gasteiger partial charge is 0.445 e. The van der Waals surface area contributed by atoms with Crippen molar-refractivity contribution in [3.05, 3.63) is 60.2 Å². The molecule has 2 rings (SSSR count). The summed E-state index contributed by atoms with van der Waals surface area (Å²) in [6.07, 6.45) is 0. The summed E-state index contributed by atoms with van der Waals surface area (Å²) in [5, 5.41) is 0.393. The molecule has 0 aromatic heterocycles. The van der Waals surface area contributed by atoms with Crippen LogP contribution >= 0.6 is 12.2 Å². The molecule has 0 heterocycles. The molecule has 4 heteroatoms. The molecule has 0 saturated heterocycles. The molecule has 0 bridgehead atoms. The Kier molecular flexibility index (Phi) is 3.69. The van der Waals surface area contributed by atoms with Crippen LogP contribution in [-0.2, 0) is 0 Å². The predicted octanol–water partition coefficient (Wildman–Crippen LogP) is 2.73. The minimum atomic E-state index is 0.393. The first-order valence-electron chi connectivity index (χ1n) is 5.14. The normalized spacial score (nSPS) is 9.71. The summed E-state index contributed by atoms with van der Waals surface area (Å²) in [6, 6.07) is 16.9. The quantitative estimate of drug-likeness (QED) is 0.495. The number of hydrogen-bond donors (Lipinski definition) is 2. The lowest BCUT2D eigenvalue weighted by Gasteiger charge is -2.10. The van der Waals surface area contributed by atoms with E-state index in [1.807, 2.05) is 54.6 Å². The van der Waals surface area contributed by atoms with Gasteiger partial charge in [0, 0.05) is 0 Å². The first-order chi connectivity index (χ1) is 8.31. The van der Waals surface area contributed by atoms with Crippen molar-refractivity contribution in [3.8, 4) is 5.75 Å². The lowest BCUT2D eigenvalue weighted by Crippen LogP contribution is -2.14. The second-order valence-corrected chi connectivity index (χ2v) is 3.76. The van der Waals surface area contributed by atoms with Gasteiger partial charge >= 0.3 is 0 Å². The number of ether oxygens (including phenoxy) is 1. The number of benzene rings is 2. The molecule has 3 nitrogen and oxygen atoms in total. The van der Waals surface area contributed by atoms with E-state index in [1.165, 1.54) is 0 Å². The van der Waals surface area contributed by atoms with Gasteiger partial charge in [0.15, 0.2) is 5.05 Å². The van der Waals surface area contributed by atoms with Gasteiger partial charge in [-0.2, -0.15) is 0 Å². The van der Waals surface area contributed by atoms with Gasteiger partial charge in [-0.05, 0) is 36.5 Å². The molecule has 17 heavy (non-hydrogen) atoms. The van der Waals surface area contributed by atoms with E-state index < -0.39 is 0 Å². The lowest BCUT2D eigenvalue weighted by molar-refractivity contribution is 0.567. The molecule has 86 valence electrons. The number of nitrogens with two attached hydrogens (primary N) is 1. The number of hydrazine groups is 1. The minimum absolute atomic E-state index is 0.393. The van der Waals surface area contributed by atoms with Crippen molar-refractivity contribution >= 4 is 23.0 Å². The smallest absolute Gasteiger partial charge is 0.200 e. The number of nitrogens with one attached hydrogen (secondary N) is 1. The highest BCUT2D eigenvalue weighted by Crippen LogP contribution is 2.18. The molecule has 0 amide bonds. The SMILES string of the molecule is NNc1ccccc1C(=S)Oc1ccccc1. The third-order valence-corrected chi connectivity index (χ3v) is 2.56. The highest BCUT2D eigenvalue weighted by molar-refractivity contribution is 7.80. The molecule has 0 unspecified atom stereocenters. The van der Waals surface area contributed by atoms with E-state index in [-0.39, 0.29) is 0 Å². The molecule has 0 spiro atoms. The first-order valence-corrected chi connectivity index (χ1v) is 5.55. The van der Waals surface area contributed by atoms with Crippen LogP contribution in [0, 0.1) is 0 Å². The topological polar surface area (TPSA) is 47.3 Å². The van der Waals surface area contributed by atoms with Crippen LogP contribution in [0.5, 0.6) is 5.75 Å². The van der Waals surface area contributed by atoms with Crippen LogP contribution in [0.15, 0.2) is 54.6 Å². The fraction of sp³-hybridized carbons (Fsp3) is 0. The third kappa shape index (κ3) is 2.81. The van der Waals surface area contributed by atoms with Crippen molar-refractivity contribution in [1.29, 1.82) is 0 Å². The van der Waals surface area contributed by atoms with Gasteiger partial charge in [-0.15, -0.1) is 0 Å². The van der Waals surface area contributed by atoms with Crippen molar-refractivity contribution in [2.75, 3.05) is 5.43 Å². The van der Waals surface area contributed by atoms with Gasteiger partial charge in [-0.1, -0.05) is 30.3 Å². The highest BCUT2D eigenvalue weighted by Gasteiger charge is 2.08. The van der Waals surface area contributed by atoms with Gasteiger partial charge < -0.3 is 10.2 Å². The second kappa shape index (κ2) is 5.43. The molecule has 2 aromatic rings. The lowest BCUT2D eigenvalue weighted by atomic mass is 10.2. The van der Waals surface area contributed by atoms with E-state index in [4.69, 9.17) is 22.8 Å². The van der Waals surface area contributed by atoms with Crippen LogP contribution < -0.4 is 16.0 Å².